The van der Waals surface area contributed by atoms with E-state index in [-0.39, 0.29) is 12.4 Å². The van der Waals surface area contributed by atoms with Crippen LogP contribution in [0.2, 0.25) is 0 Å². The summed E-state index contributed by atoms with van der Waals surface area (Å²) < 4.78 is 13.7. The zero-order valence-corrected chi connectivity index (χ0v) is 17.4. The highest BCUT2D eigenvalue weighted by Gasteiger charge is 2.45. The summed E-state index contributed by atoms with van der Waals surface area (Å²) in [6.45, 7) is 7.15. The second kappa shape index (κ2) is 9.26. The molecule has 7 heteroatoms. The average molecular weight is 394 g/mol. The number of aromatic nitrogens is 3. The van der Waals surface area contributed by atoms with E-state index in [4.69, 9.17) is 9.47 Å². The van der Waals surface area contributed by atoms with Crippen molar-refractivity contribution in [3.8, 4) is 11.3 Å². The first-order chi connectivity index (χ1) is 12.7. The van der Waals surface area contributed by atoms with Gasteiger partial charge in [0.05, 0.1) is 24.1 Å². The van der Waals surface area contributed by atoms with E-state index in [0.717, 1.165) is 22.8 Å². The highest BCUT2D eigenvalue weighted by Crippen LogP contribution is 2.39. The molecule has 1 aliphatic rings. The molecule has 0 unspecified atom stereocenters. The maximum atomic E-state index is 6.22. The number of hydrogen-bond acceptors (Lipinski definition) is 6. The van der Waals surface area contributed by atoms with Crippen LogP contribution in [0.5, 0.6) is 0 Å². The summed E-state index contributed by atoms with van der Waals surface area (Å²) in [6, 6.07) is 8.36. The topological polar surface area (TPSA) is 49.2 Å². The van der Waals surface area contributed by atoms with Gasteiger partial charge in [0.2, 0.25) is 0 Å². The highest BCUT2D eigenvalue weighted by atomic mass is 32.2. The molecule has 1 saturated heterocycles. The Balaban J connectivity index is 1.73. The van der Waals surface area contributed by atoms with E-state index in [1.165, 1.54) is 5.56 Å². The molecule has 142 valence electrons. The largest absolute Gasteiger partial charge is 0.355 e. The van der Waals surface area contributed by atoms with Crippen molar-refractivity contribution < 1.29 is 9.47 Å². The second-order valence-corrected chi connectivity index (χ2v) is 9.22. The summed E-state index contributed by atoms with van der Waals surface area (Å²) in [4.78, 5) is 0. The molecular formula is C19H27N3O2S2. The number of rotatable bonds is 8. The molecule has 5 nitrogen and oxygen atoms in total. The zero-order chi connectivity index (χ0) is 18.5. The van der Waals surface area contributed by atoms with Gasteiger partial charge in [0, 0.05) is 17.9 Å². The Morgan fingerprint density at radius 1 is 1.12 bits per heavy atom. The monoisotopic (exact) mass is 393 g/mol. The second-order valence-electron chi connectivity index (χ2n) is 6.31. The minimum atomic E-state index is -0.158. The molecule has 1 aliphatic heterocycles. The predicted octanol–water partition coefficient (Wildman–Crippen LogP) is 3.87. The Labute approximate surface area is 164 Å². The Morgan fingerprint density at radius 2 is 1.81 bits per heavy atom. The third-order valence-corrected chi connectivity index (χ3v) is 7.19. The third-order valence-electron chi connectivity index (χ3n) is 4.47. The molecule has 2 aromatic rings. The number of nitrogens with zero attached hydrogens (tertiary/aromatic N) is 3. The van der Waals surface area contributed by atoms with Crippen molar-refractivity contribution in [1.82, 2.24) is 15.0 Å². The van der Waals surface area contributed by atoms with Crippen molar-refractivity contribution in [2.45, 2.75) is 50.2 Å². The molecule has 0 radical (unpaired) electrons. The molecule has 1 aromatic carbocycles. The van der Waals surface area contributed by atoms with Crippen LogP contribution in [0.15, 0.2) is 30.5 Å². The normalized spacial score (nSPS) is 25.7. The molecule has 26 heavy (non-hydrogen) atoms. The molecule has 0 amide bonds. The number of benzene rings is 1. The Kier molecular flexibility index (Phi) is 7.03. The van der Waals surface area contributed by atoms with E-state index < -0.39 is 0 Å². The quantitative estimate of drug-likeness (QED) is 0.679. The smallest absolute Gasteiger partial charge is 0.170 e. The summed E-state index contributed by atoms with van der Waals surface area (Å²) in [5.74, 6) is 2.12. The first kappa shape index (κ1) is 19.7. The Bertz CT molecular complexity index is 692. The number of aryl methyl sites for hydroxylation is 1. The standard InChI is InChI=1S/C19H27N3O2S2/c1-5-25-17-16(24-19(23-4)18(17)26-6-2)12-22-11-15(20-21-22)14-9-7-13(3)8-10-14/h7-11,16-19H,5-6,12H2,1-4H3/t16-,17-,18-,19-/m1/s1. The number of methoxy groups -OCH3 is 1. The minimum absolute atomic E-state index is 0.0708. The van der Waals surface area contributed by atoms with E-state index in [0.29, 0.717) is 17.0 Å². The fourth-order valence-corrected chi connectivity index (χ4v) is 5.84. The minimum Gasteiger partial charge on any atom is -0.355 e. The van der Waals surface area contributed by atoms with Crippen LogP contribution in [0.3, 0.4) is 0 Å². The molecule has 0 spiro atoms. The van der Waals surface area contributed by atoms with Gasteiger partial charge in [0.1, 0.15) is 5.69 Å². The third kappa shape index (κ3) is 4.44. The predicted molar refractivity (Wildman–Crippen MR) is 110 cm³/mol. The van der Waals surface area contributed by atoms with Crippen LogP contribution in [-0.4, -0.2) is 56.5 Å². The Morgan fingerprint density at radius 3 is 2.46 bits per heavy atom. The van der Waals surface area contributed by atoms with Crippen LogP contribution in [0.4, 0.5) is 0 Å². The summed E-state index contributed by atoms with van der Waals surface area (Å²) in [7, 11) is 1.73. The van der Waals surface area contributed by atoms with Gasteiger partial charge in [-0.2, -0.15) is 23.5 Å². The maximum Gasteiger partial charge on any atom is 0.170 e. The highest BCUT2D eigenvalue weighted by molar-refractivity contribution is 8.03. The lowest BCUT2D eigenvalue weighted by Crippen LogP contribution is -2.31. The Hall–Kier alpha value is -1.02. The number of thioether (sulfide) groups is 2. The maximum absolute atomic E-state index is 6.22. The van der Waals surface area contributed by atoms with Crippen molar-refractivity contribution >= 4 is 23.5 Å². The molecule has 1 fully saturated rings. The van der Waals surface area contributed by atoms with Gasteiger partial charge in [-0.15, -0.1) is 5.10 Å². The van der Waals surface area contributed by atoms with Gasteiger partial charge in [-0.3, -0.25) is 0 Å². The van der Waals surface area contributed by atoms with E-state index in [9.17, 15) is 0 Å². The van der Waals surface area contributed by atoms with Crippen LogP contribution in [0, 0.1) is 6.92 Å². The molecule has 0 saturated carbocycles. The van der Waals surface area contributed by atoms with Gasteiger partial charge >= 0.3 is 0 Å². The van der Waals surface area contributed by atoms with Crippen LogP contribution in [-0.2, 0) is 16.0 Å². The summed E-state index contributed by atoms with van der Waals surface area (Å²) in [6.07, 6.45) is 1.92. The number of ether oxygens (including phenoxy) is 2. The summed E-state index contributed by atoms with van der Waals surface area (Å²) >= 11 is 3.87. The first-order valence-corrected chi connectivity index (χ1v) is 11.1. The zero-order valence-electron chi connectivity index (χ0n) is 15.8. The molecule has 3 rings (SSSR count). The van der Waals surface area contributed by atoms with Crippen molar-refractivity contribution in [3.63, 3.8) is 0 Å². The lowest BCUT2D eigenvalue weighted by molar-refractivity contribution is -0.115. The van der Waals surface area contributed by atoms with Crippen molar-refractivity contribution in [2.75, 3.05) is 18.6 Å². The molecule has 4 atom stereocenters. The molecule has 2 heterocycles. The van der Waals surface area contributed by atoms with Crippen molar-refractivity contribution in [3.05, 3.63) is 36.0 Å². The van der Waals surface area contributed by atoms with E-state index >= 15 is 0 Å². The van der Waals surface area contributed by atoms with Crippen molar-refractivity contribution in [2.24, 2.45) is 0 Å². The van der Waals surface area contributed by atoms with Crippen molar-refractivity contribution in [1.29, 1.82) is 0 Å². The van der Waals surface area contributed by atoms with E-state index in [1.807, 2.05) is 34.4 Å². The molecule has 1 aromatic heterocycles. The summed E-state index contributed by atoms with van der Waals surface area (Å²) in [5.41, 5.74) is 3.22. The average Bonchev–Trinajstić information content (AvgIpc) is 3.23. The van der Waals surface area contributed by atoms with Gasteiger partial charge in [0.15, 0.2) is 6.29 Å². The van der Waals surface area contributed by atoms with Crippen LogP contribution >= 0.6 is 23.5 Å². The van der Waals surface area contributed by atoms with E-state index in [1.54, 1.807) is 7.11 Å². The van der Waals surface area contributed by atoms with Gasteiger partial charge in [-0.05, 0) is 18.4 Å². The molecule has 0 aliphatic carbocycles. The first-order valence-electron chi connectivity index (χ1n) is 9.04. The summed E-state index contributed by atoms with van der Waals surface area (Å²) in [5, 5.41) is 9.40. The van der Waals surface area contributed by atoms with Gasteiger partial charge in [0.25, 0.3) is 0 Å². The fourth-order valence-electron chi connectivity index (χ4n) is 3.22. The lowest BCUT2D eigenvalue weighted by Gasteiger charge is -2.21. The molecule has 0 N–H and O–H groups in total. The molecular weight excluding hydrogens is 366 g/mol. The lowest BCUT2D eigenvalue weighted by atomic mass is 10.1. The SMILES string of the molecule is CCS[C@H]1[C@H](OC)O[C@H](Cn2cc(-c3ccc(C)cc3)nn2)[C@H]1SCC. The van der Waals surface area contributed by atoms with Gasteiger partial charge < -0.3 is 9.47 Å². The van der Waals surface area contributed by atoms with Crippen LogP contribution in [0.25, 0.3) is 11.3 Å². The van der Waals surface area contributed by atoms with E-state index in [2.05, 4.69) is 55.3 Å². The number of hydrogen-bond donors (Lipinski definition) is 0. The molecule has 0 bridgehead atoms. The van der Waals surface area contributed by atoms with Crippen LogP contribution in [0.1, 0.15) is 19.4 Å². The van der Waals surface area contributed by atoms with Crippen LogP contribution < -0.4 is 0 Å². The fraction of sp³-hybridized carbons (Fsp3) is 0.579. The van der Waals surface area contributed by atoms with Gasteiger partial charge in [-0.1, -0.05) is 48.9 Å². The van der Waals surface area contributed by atoms with Gasteiger partial charge in [-0.25, -0.2) is 4.68 Å².